The number of rotatable bonds is 5. The molecule has 13 nitrogen and oxygen atoms in total. The van der Waals surface area contributed by atoms with E-state index in [4.69, 9.17) is 45.6 Å². The van der Waals surface area contributed by atoms with Gasteiger partial charge in [0.05, 0.1) is 17.9 Å². The van der Waals surface area contributed by atoms with Crippen LogP contribution in [0.15, 0.2) is 0 Å². The standard InChI is InChI=1S/C6H8O7.C2H4O2.NO3.Zn/c7-3(8)1-6(13,5(11)12)2-4(9)10;1-2(3)4;2-1(3)4;/h13H,1-2H2,(H,7,8)(H,9,10)(H,11,12);1H3,(H,3,4);;/q;;-1;+2/p-1. The Morgan fingerprint density at radius 2 is 1.18 bits per heavy atom. The Morgan fingerprint density at radius 1 is 1.00 bits per heavy atom. The minimum atomic E-state index is -2.74. The Kier molecular flexibility index (Phi) is 17.3. The molecule has 4 N–H and O–H groups in total. The molecule has 22 heavy (non-hydrogen) atoms. The van der Waals surface area contributed by atoms with Gasteiger partial charge in [0, 0.05) is 5.97 Å². The van der Waals surface area contributed by atoms with E-state index in [1.54, 1.807) is 0 Å². The number of hydrogen-bond acceptors (Lipinski definition) is 9. The quantitative estimate of drug-likeness (QED) is 0.216. The summed E-state index contributed by atoms with van der Waals surface area (Å²) in [6.45, 7) is 0.972. The van der Waals surface area contributed by atoms with Crippen molar-refractivity contribution < 1.29 is 69.3 Å². The Hall–Kier alpha value is -2.34. The summed E-state index contributed by atoms with van der Waals surface area (Å²) in [5.41, 5.74) is -2.74. The van der Waals surface area contributed by atoms with Crippen molar-refractivity contribution in [2.75, 3.05) is 0 Å². The maximum atomic E-state index is 10.3. The van der Waals surface area contributed by atoms with Crippen LogP contribution in [0.5, 0.6) is 0 Å². The number of carbonyl (C=O) groups excluding carboxylic acids is 1. The molecule has 0 aromatic carbocycles. The summed E-state index contributed by atoms with van der Waals surface area (Å²) >= 11 is 0. The topological polar surface area (TPSA) is 238 Å². The summed E-state index contributed by atoms with van der Waals surface area (Å²) < 4.78 is 0. The SMILES string of the molecule is CC(=O)[O-].O=C(O)CC(O)(CC(=O)O)C(=O)O.O=[N+]([O-])[O-].[Zn+2]. The summed E-state index contributed by atoms with van der Waals surface area (Å²) in [4.78, 5) is 47.6. The van der Waals surface area contributed by atoms with Crippen LogP contribution in [-0.4, -0.2) is 55.0 Å². The predicted octanol–water partition coefficient (Wildman–Crippen LogP) is -2.73. The first-order valence-electron chi connectivity index (χ1n) is 4.63. The monoisotopic (exact) mass is 377 g/mol. The molecule has 0 saturated heterocycles. The summed E-state index contributed by atoms with van der Waals surface area (Å²) in [5, 5.41) is 57.4. The van der Waals surface area contributed by atoms with E-state index in [-0.39, 0.29) is 19.5 Å². The third kappa shape index (κ3) is 26.3. The molecule has 0 heterocycles. The van der Waals surface area contributed by atoms with Crippen molar-refractivity contribution in [1.29, 1.82) is 0 Å². The predicted molar refractivity (Wildman–Crippen MR) is 58.1 cm³/mol. The normalized spacial score (nSPS) is 8.64. The first kappa shape index (κ1) is 27.9. The molecule has 0 saturated carbocycles. The Balaban J connectivity index is -0.000000150. The van der Waals surface area contributed by atoms with Gasteiger partial charge in [-0.15, -0.1) is 0 Å². The van der Waals surface area contributed by atoms with Crippen molar-refractivity contribution in [3.05, 3.63) is 15.3 Å². The number of carbonyl (C=O) groups is 4. The summed E-state index contributed by atoms with van der Waals surface area (Å²) in [6, 6.07) is 0. The molecule has 122 valence electrons. The van der Waals surface area contributed by atoms with Crippen LogP contribution < -0.4 is 5.11 Å². The summed E-state index contributed by atoms with van der Waals surface area (Å²) in [5.74, 6) is -6.10. The van der Waals surface area contributed by atoms with Crippen LogP contribution in [0.2, 0.25) is 0 Å². The molecule has 0 aromatic rings. The molecule has 0 radical (unpaired) electrons. The van der Waals surface area contributed by atoms with Crippen molar-refractivity contribution in [1.82, 2.24) is 0 Å². The van der Waals surface area contributed by atoms with Gasteiger partial charge in [0.2, 0.25) is 0 Å². The van der Waals surface area contributed by atoms with Gasteiger partial charge in [-0.3, -0.25) is 9.59 Å². The summed E-state index contributed by atoms with van der Waals surface area (Å²) in [6.07, 6.45) is -2.29. The molecule has 14 heteroatoms. The minimum Gasteiger partial charge on any atom is -0.550 e. The first-order valence-corrected chi connectivity index (χ1v) is 4.63. The zero-order chi connectivity index (χ0) is 17.8. The Morgan fingerprint density at radius 3 is 1.27 bits per heavy atom. The summed E-state index contributed by atoms with van der Waals surface area (Å²) in [7, 11) is 0. The van der Waals surface area contributed by atoms with Gasteiger partial charge in [0.25, 0.3) is 0 Å². The molecule has 0 aliphatic carbocycles. The molecule has 0 aromatic heterocycles. The molecule has 0 spiro atoms. The second-order valence-electron chi connectivity index (χ2n) is 3.19. The molecular weight excluding hydrogens is 367 g/mol. The fourth-order valence-corrected chi connectivity index (χ4v) is 0.714. The van der Waals surface area contributed by atoms with Crippen molar-refractivity contribution >= 4 is 23.9 Å². The number of hydrogen-bond donors (Lipinski definition) is 4. The second kappa shape index (κ2) is 13.6. The van der Waals surface area contributed by atoms with Gasteiger partial charge >= 0.3 is 37.4 Å². The van der Waals surface area contributed by atoms with Crippen LogP contribution >= 0.6 is 0 Å². The molecule has 0 atom stereocenters. The van der Waals surface area contributed by atoms with Gasteiger partial charge in [-0.25, -0.2) is 4.79 Å². The van der Waals surface area contributed by atoms with E-state index in [1.165, 1.54) is 0 Å². The van der Waals surface area contributed by atoms with Crippen molar-refractivity contribution in [2.45, 2.75) is 25.4 Å². The van der Waals surface area contributed by atoms with E-state index in [2.05, 4.69) is 0 Å². The van der Waals surface area contributed by atoms with Gasteiger partial charge in [0.1, 0.15) is 0 Å². The third-order valence-corrected chi connectivity index (χ3v) is 1.29. The van der Waals surface area contributed by atoms with E-state index in [9.17, 15) is 14.4 Å². The smallest absolute Gasteiger partial charge is 0.550 e. The van der Waals surface area contributed by atoms with Crippen LogP contribution in [0.4, 0.5) is 0 Å². The van der Waals surface area contributed by atoms with Gasteiger partial charge in [-0.2, -0.15) is 0 Å². The van der Waals surface area contributed by atoms with Gasteiger partial charge in [0.15, 0.2) is 5.60 Å². The average molecular weight is 379 g/mol. The fraction of sp³-hybridized carbons (Fsp3) is 0.500. The molecular formula is C8H11NO12Zn. The van der Waals surface area contributed by atoms with Gasteiger partial charge < -0.3 is 45.6 Å². The average Bonchev–Trinajstić information content (AvgIpc) is 2.11. The molecule has 0 amide bonds. The zero-order valence-electron chi connectivity index (χ0n) is 11.1. The number of carboxylic acid groups (broad SMARTS) is 4. The number of aliphatic hydroxyl groups is 1. The van der Waals surface area contributed by atoms with Crippen LogP contribution in [0.25, 0.3) is 0 Å². The Bertz CT molecular complexity index is 372. The molecule has 0 bridgehead atoms. The fourth-order valence-electron chi connectivity index (χ4n) is 0.714. The van der Waals surface area contributed by atoms with E-state index in [1.807, 2.05) is 0 Å². The first-order chi connectivity index (χ1) is 9.24. The van der Waals surface area contributed by atoms with Crippen molar-refractivity contribution in [3.63, 3.8) is 0 Å². The van der Waals surface area contributed by atoms with E-state index < -0.39 is 47.4 Å². The molecule has 0 fully saturated rings. The maximum absolute atomic E-state index is 10.3. The second-order valence-corrected chi connectivity index (χ2v) is 3.19. The number of nitrogens with zero attached hydrogens (tertiary/aromatic N) is 1. The van der Waals surface area contributed by atoms with Crippen molar-refractivity contribution in [2.24, 2.45) is 0 Å². The number of carboxylic acids is 4. The molecule has 0 aliphatic rings. The zero-order valence-corrected chi connectivity index (χ0v) is 14.1. The number of aliphatic carboxylic acids is 4. The molecule has 0 rings (SSSR count). The van der Waals surface area contributed by atoms with Crippen LogP contribution in [0, 0.1) is 15.3 Å². The van der Waals surface area contributed by atoms with E-state index >= 15 is 0 Å². The van der Waals surface area contributed by atoms with Gasteiger partial charge in [-0.1, -0.05) is 0 Å². The maximum Gasteiger partial charge on any atom is 2.00 e. The Labute approximate surface area is 134 Å². The largest absolute Gasteiger partial charge is 2.00 e. The van der Waals surface area contributed by atoms with Crippen LogP contribution in [0.1, 0.15) is 19.8 Å². The third-order valence-electron chi connectivity index (χ3n) is 1.29. The minimum absolute atomic E-state index is 0. The van der Waals surface area contributed by atoms with E-state index in [0.29, 0.717) is 0 Å². The van der Waals surface area contributed by atoms with Gasteiger partial charge in [-0.05, 0) is 6.92 Å². The molecule has 0 unspecified atom stereocenters. The molecule has 0 aliphatic heterocycles. The van der Waals surface area contributed by atoms with E-state index in [0.717, 1.165) is 6.92 Å². The van der Waals surface area contributed by atoms with Crippen LogP contribution in [-0.2, 0) is 38.7 Å². The van der Waals surface area contributed by atoms with Crippen molar-refractivity contribution in [3.8, 4) is 0 Å². The van der Waals surface area contributed by atoms with Crippen LogP contribution in [0.3, 0.4) is 0 Å².